The van der Waals surface area contributed by atoms with Crippen LogP contribution in [0.3, 0.4) is 0 Å². The fourth-order valence-electron chi connectivity index (χ4n) is 4.82. The van der Waals surface area contributed by atoms with Gasteiger partial charge in [0.2, 0.25) is 11.8 Å². The third-order valence-electron chi connectivity index (χ3n) is 7.46. The summed E-state index contributed by atoms with van der Waals surface area (Å²) in [6.45, 7) is 5.46. The van der Waals surface area contributed by atoms with Crippen molar-refractivity contribution in [3.05, 3.63) is 0 Å². The second-order valence-corrected chi connectivity index (χ2v) is 11.6. The molecular weight excluding hydrogens is 596 g/mol. The normalized spacial score (nSPS) is 11.8. The molecule has 1 unspecified atom stereocenters. The number of carboxylic acid groups (broad SMARTS) is 2. The number of aliphatic carboxylic acids is 2. The van der Waals surface area contributed by atoms with Gasteiger partial charge < -0.3 is 39.8 Å². The molecule has 12 heteroatoms. The topological polar surface area (TPSA) is 170 Å². The third-order valence-corrected chi connectivity index (χ3v) is 7.46. The maximum Gasteiger partial charge on any atom is 0.326 e. The van der Waals surface area contributed by atoms with Crippen molar-refractivity contribution in [1.29, 1.82) is 0 Å². The first-order valence-electron chi connectivity index (χ1n) is 17.7. The molecule has 0 aliphatic rings. The highest BCUT2D eigenvalue weighted by atomic mass is 16.5. The molecule has 0 rings (SSSR count). The van der Waals surface area contributed by atoms with Gasteiger partial charge in [0, 0.05) is 32.6 Å². The molecule has 0 radical (unpaired) electrons. The molecule has 0 aliphatic carbocycles. The van der Waals surface area contributed by atoms with Crippen molar-refractivity contribution in [2.45, 2.75) is 135 Å². The quantitative estimate of drug-likeness (QED) is 0.0651. The van der Waals surface area contributed by atoms with E-state index in [0.717, 1.165) is 38.5 Å². The van der Waals surface area contributed by atoms with Gasteiger partial charge in [-0.15, -0.1) is 0 Å². The van der Waals surface area contributed by atoms with Gasteiger partial charge in [0.05, 0.1) is 33.0 Å². The maximum absolute atomic E-state index is 12.2. The fraction of sp³-hybridized carbons (Fsp3) is 0.882. The second-order valence-electron chi connectivity index (χ2n) is 11.6. The van der Waals surface area contributed by atoms with Gasteiger partial charge in [-0.25, -0.2) is 4.79 Å². The molecular formula is C34H64N2O10. The lowest BCUT2D eigenvalue weighted by Gasteiger charge is -2.14. The van der Waals surface area contributed by atoms with E-state index in [1.807, 2.05) is 6.92 Å². The Morgan fingerprint density at radius 2 is 1.04 bits per heavy atom. The Bertz CT molecular complexity index is 753. The zero-order chi connectivity index (χ0) is 33.9. The van der Waals surface area contributed by atoms with Gasteiger partial charge in [0.1, 0.15) is 12.6 Å². The fourth-order valence-corrected chi connectivity index (χ4v) is 4.82. The van der Waals surface area contributed by atoms with Crippen LogP contribution >= 0.6 is 0 Å². The molecule has 4 N–H and O–H groups in total. The van der Waals surface area contributed by atoms with Crippen molar-refractivity contribution in [2.24, 2.45) is 0 Å². The minimum absolute atomic E-state index is 0.0507. The Balaban J connectivity index is 3.57. The van der Waals surface area contributed by atoms with Gasteiger partial charge in [-0.3, -0.25) is 14.4 Å². The number of nitrogens with one attached hydrogen (secondary N) is 2. The summed E-state index contributed by atoms with van der Waals surface area (Å²) >= 11 is 0. The predicted molar refractivity (Wildman–Crippen MR) is 177 cm³/mol. The number of hydrogen-bond acceptors (Lipinski definition) is 8. The number of ether oxygens (including phenoxy) is 4. The Hall–Kier alpha value is -2.28. The molecule has 1 atom stereocenters. The number of carbonyl (C=O) groups excluding carboxylic acids is 2. The highest BCUT2D eigenvalue weighted by Crippen LogP contribution is 2.14. The summed E-state index contributed by atoms with van der Waals surface area (Å²) in [6, 6.07) is -0.888. The molecule has 2 amide bonds. The molecule has 0 heterocycles. The SMILES string of the molecule is CCOCCOCCNC(=O)COCCOCCCCC(NC(=O)CCCCCCCCCCCCCCCCC(=O)O)C(=O)O. The van der Waals surface area contributed by atoms with Gasteiger partial charge >= 0.3 is 11.9 Å². The largest absolute Gasteiger partial charge is 0.481 e. The van der Waals surface area contributed by atoms with E-state index in [1.165, 1.54) is 51.4 Å². The average molecular weight is 661 g/mol. The Morgan fingerprint density at radius 1 is 0.543 bits per heavy atom. The van der Waals surface area contributed by atoms with E-state index in [2.05, 4.69) is 10.6 Å². The molecule has 0 fully saturated rings. The summed E-state index contributed by atoms with van der Waals surface area (Å²) in [4.78, 5) is 46.0. The van der Waals surface area contributed by atoms with E-state index >= 15 is 0 Å². The summed E-state index contributed by atoms with van der Waals surface area (Å²) < 4.78 is 21.2. The van der Waals surface area contributed by atoms with Gasteiger partial charge in [-0.05, 0) is 39.0 Å². The Kier molecular flexibility index (Phi) is 32.4. The molecule has 0 saturated heterocycles. The smallest absolute Gasteiger partial charge is 0.326 e. The van der Waals surface area contributed by atoms with Crippen LogP contribution in [0.4, 0.5) is 0 Å². The summed E-state index contributed by atoms with van der Waals surface area (Å²) in [5.41, 5.74) is 0. The summed E-state index contributed by atoms with van der Waals surface area (Å²) in [6.07, 6.45) is 17.9. The molecule has 0 aliphatic heterocycles. The van der Waals surface area contributed by atoms with Gasteiger partial charge in [0.15, 0.2) is 0 Å². The van der Waals surface area contributed by atoms with Crippen molar-refractivity contribution in [2.75, 3.05) is 59.4 Å². The lowest BCUT2D eigenvalue weighted by molar-refractivity contribution is -0.142. The van der Waals surface area contributed by atoms with Gasteiger partial charge in [-0.1, -0.05) is 77.0 Å². The van der Waals surface area contributed by atoms with Gasteiger partial charge in [-0.2, -0.15) is 0 Å². The van der Waals surface area contributed by atoms with Crippen molar-refractivity contribution in [3.63, 3.8) is 0 Å². The zero-order valence-electron chi connectivity index (χ0n) is 28.5. The minimum Gasteiger partial charge on any atom is -0.481 e. The monoisotopic (exact) mass is 660 g/mol. The molecule has 0 aromatic carbocycles. The van der Waals surface area contributed by atoms with E-state index in [9.17, 15) is 24.3 Å². The number of amides is 2. The predicted octanol–water partition coefficient (Wildman–Crippen LogP) is 5.25. The van der Waals surface area contributed by atoms with Gasteiger partial charge in [0.25, 0.3) is 0 Å². The van der Waals surface area contributed by atoms with Crippen LogP contribution in [0.2, 0.25) is 0 Å². The lowest BCUT2D eigenvalue weighted by atomic mass is 10.0. The van der Waals surface area contributed by atoms with Crippen molar-refractivity contribution >= 4 is 23.8 Å². The van der Waals surface area contributed by atoms with Crippen LogP contribution in [0.1, 0.15) is 129 Å². The maximum atomic E-state index is 12.2. The van der Waals surface area contributed by atoms with E-state index in [4.69, 9.17) is 24.1 Å². The molecule has 270 valence electrons. The van der Waals surface area contributed by atoms with Crippen LogP contribution < -0.4 is 10.6 Å². The standard InChI is InChI=1S/C34H64N2O10/c1-2-43-25-26-45-24-22-35-32(38)29-46-28-27-44-23-18-17-19-30(34(41)42)36-31(37)20-15-13-11-9-7-5-3-4-6-8-10-12-14-16-21-33(39)40/h30H,2-29H2,1H3,(H,35,38)(H,36,37)(H,39,40)(H,41,42). The van der Waals surface area contributed by atoms with Crippen molar-refractivity contribution in [3.8, 4) is 0 Å². The van der Waals surface area contributed by atoms with E-state index in [0.29, 0.717) is 71.9 Å². The Morgan fingerprint density at radius 3 is 1.59 bits per heavy atom. The minimum atomic E-state index is -1.02. The van der Waals surface area contributed by atoms with E-state index in [1.54, 1.807) is 0 Å². The number of unbranched alkanes of at least 4 members (excludes halogenated alkanes) is 14. The molecule has 0 bridgehead atoms. The first-order chi connectivity index (χ1) is 22.4. The summed E-state index contributed by atoms with van der Waals surface area (Å²) in [5.74, 6) is -2.15. The molecule has 46 heavy (non-hydrogen) atoms. The molecule has 0 spiro atoms. The number of rotatable bonds is 36. The van der Waals surface area contributed by atoms with Crippen LogP contribution in [0.5, 0.6) is 0 Å². The van der Waals surface area contributed by atoms with E-state index < -0.39 is 18.0 Å². The summed E-state index contributed by atoms with van der Waals surface area (Å²) in [7, 11) is 0. The highest BCUT2D eigenvalue weighted by molar-refractivity contribution is 5.83. The van der Waals surface area contributed by atoms with Crippen molar-refractivity contribution in [1.82, 2.24) is 10.6 Å². The lowest BCUT2D eigenvalue weighted by Crippen LogP contribution is -2.40. The van der Waals surface area contributed by atoms with Crippen LogP contribution in [-0.2, 0) is 38.1 Å². The van der Waals surface area contributed by atoms with Crippen LogP contribution in [0.15, 0.2) is 0 Å². The molecule has 0 saturated carbocycles. The third kappa shape index (κ3) is 33.1. The highest BCUT2D eigenvalue weighted by Gasteiger charge is 2.19. The number of carboxylic acids is 2. The van der Waals surface area contributed by atoms with Crippen LogP contribution in [0.25, 0.3) is 0 Å². The molecule has 12 nitrogen and oxygen atoms in total. The number of carbonyl (C=O) groups is 4. The number of hydrogen-bond donors (Lipinski definition) is 4. The zero-order valence-corrected chi connectivity index (χ0v) is 28.5. The molecule has 0 aromatic heterocycles. The Labute approximate surface area is 277 Å². The average Bonchev–Trinajstić information content (AvgIpc) is 3.02. The first kappa shape index (κ1) is 43.7. The van der Waals surface area contributed by atoms with E-state index in [-0.39, 0.29) is 31.4 Å². The second kappa shape index (κ2) is 34.1. The molecule has 0 aromatic rings. The van der Waals surface area contributed by atoms with Crippen molar-refractivity contribution < 1.29 is 48.3 Å². The van der Waals surface area contributed by atoms with Crippen LogP contribution in [0, 0.1) is 0 Å². The first-order valence-corrected chi connectivity index (χ1v) is 17.7. The van der Waals surface area contributed by atoms with Crippen LogP contribution in [-0.4, -0.2) is 99.4 Å². The summed E-state index contributed by atoms with van der Waals surface area (Å²) in [5, 5.41) is 23.5.